The highest BCUT2D eigenvalue weighted by molar-refractivity contribution is 7.89. The van der Waals surface area contributed by atoms with E-state index in [9.17, 15) is 18.0 Å². The van der Waals surface area contributed by atoms with Crippen molar-refractivity contribution in [1.29, 1.82) is 0 Å². The van der Waals surface area contributed by atoms with Gasteiger partial charge in [0.15, 0.2) is 11.7 Å². The molecule has 4 rings (SSSR count). The predicted octanol–water partition coefficient (Wildman–Crippen LogP) is 3.56. The van der Waals surface area contributed by atoms with E-state index in [0.29, 0.717) is 5.13 Å². The van der Waals surface area contributed by atoms with Crippen LogP contribution < -0.4 is 10.1 Å². The van der Waals surface area contributed by atoms with E-state index in [4.69, 9.17) is 14.2 Å². The van der Waals surface area contributed by atoms with E-state index in [-0.39, 0.29) is 42.5 Å². The van der Waals surface area contributed by atoms with Crippen molar-refractivity contribution >= 4 is 38.4 Å². The summed E-state index contributed by atoms with van der Waals surface area (Å²) in [5.41, 5.74) is 5.10. The van der Waals surface area contributed by atoms with Crippen molar-refractivity contribution in [1.82, 2.24) is 9.29 Å². The minimum atomic E-state index is -3.93. The first-order valence-corrected chi connectivity index (χ1v) is 14.2. The molecule has 3 aromatic rings. The molecule has 0 atom stereocenters. The topological polar surface area (TPSA) is 124 Å². The summed E-state index contributed by atoms with van der Waals surface area (Å²) < 4.78 is 43.2. The number of hydrogen-bond donors (Lipinski definition) is 1. The summed E-state index contributed by atoms with van der Waals surface area (Å²) in [6.07, 6.45) is 0. The van der Waals surface area contributed by atoms with Crippen LogP contribution in [0.3, 0.4) is 0 Å². The normalized spacial score (nSPS) is 14.2. The third kappa shape index (κ3) is 6.04. The Balaban J connectivity index is 1.42. The van der Waals surface area contributed by atoms with Crippen LogP contribution in [0.2, 0.25) is 0 Å². The van der Waals surface area contributed by atoms with Crippen molar-refractivity contribution in [2.75, 3.05) is 45.3 Å². The molecule has 2 aromatic carbocycles. The molecule has 0 spiro atoms. The molecule has 1 fully saturated rings. The van der Waals surface area contributed by atoms with Crippen molar-refractivity contribution in [3.05, 3.63) is 58.0 Å². The van der Waals surface area contributed by atoms with Crippen molar-refractivity contribution in [3.63, 3.8) is 0 Å². The second kappa shape index (κ2) is 11.6. The van der Waals surface area contributed by atoms with Crippen molar-refractivity contribution in [2.24, 2.45) is 0 Å². The lowest BCUT2D eigenvalue weighted by Gasteiger charge is -2.26. The van der Waals surface area contributed by atoms with Gasteiger partial charge in [0.1, 0.15) is 10.6 Å². The second-order valence-electron chi connectivity index (χ2n) is 8.82. The van der Waals surface area contributed by atoms with Crippen molar-refractivity contribution < 1.29 is 32.2 Å². The van der Waals surface area contributed by atoms with Crippen LogP contribution in [0.25, 0.3) is 11.3 Å². The number of methoxy groups -OCH3 is 1. The molecule has 1 N–H and O–H groups in total. The van der Waals surface area contributed by atoms with Gasteiger partial charge in [-0.25, -0.2) is 18.2 Å². The molecule has 1 amide bonds. The minimum absolute atomic E-state index is 0.0210. The van der Waals surface area contributed by atoms with E-state index in [1.54, 1.807) is 0 Å². The lowest BCUT2D eigenvalue weighted by molar-refractivity contribution is -0.119. The van der Waals surface area contributed by atoms with Gasteiger partial charge in [-0.1, -0.05) is 17.7 Å². The van der Waals surface area contributed by atoms with Crippen LogP contribution in [-0.2, 0) is 24.3 Å². The number of esters is 1. The Morgan fingerprint density at radius 3 is 2.45 bits per heavy atom. The van der Waals surface area contributed by atoms with Crippen LogP contribution in [0, 0.1) is 20.8 Å². The fourth-order valence-corrected chi connectivity index (χ4v) is 6.64. The van der Waals surface area contributed by atoms with Crippen LogP contribution in [0.1, 0.15) is 27.0 Å². The van der Waals surface area contributed by atoms with Crippen LogP contribution in [0.5, 0.6) is 5.75 Å². The number of ether oxygens (including phenoxy) is 3. The van der Waals surface area contributed by atoms with Gasteiger partial charge < -0.3 is 14.2 Å². The molecule has 1 aliphatic heterocycles. The maximum atomic E-state index is 13.1. The zero-order valence-electron chi connectivity index (χ0n) is 21.6. The second-order valence-corrected chi connectivity index (χ2v) is 11.6. The Hall–Kier alpha value is -3.32. The summed E-state index contributed by atoms with van der Waals surface area (Å²) in [6, 6.07) is 8.13. The van der Waals surface area contributed by atoms with Gasteiger partial charge in [-0.15, -0.1) is 11.3 Å². The van der Waals surface area contributed by atoms with Gasteiger partial charge >= 0.3 is 5.97 Å². The number of nitrogens with zero attached hydrogens (tertiary/aromatic N) is 2. The molecule has 1 aromatic heterocycles. The fourth-order valence-electron chi connectivity index (χ4n) is 4.33. The summed E-state index contributed by atoms with van der Waals surface area (Å²) in [4.78, 5) is 29.5. The van der Waals surface area contributed by atoms with Crippen LogP contribution in [0.4, 0.5) is 5.13 Å². The number of hydrogen-bond acceptors (Lipinski definition) is 9. The molecular formula is C26H29N3O7S2. The maximum Gasteiger partial charge on any atom is 0.338 e. The zero-order valence-corrected chi connectivity index (χ0v) is 23.2. The van der Waals surface area contributed by atoms with E-state index in [0.717, 1.165) is 27.9 Å². The average Bonchev–Trinajstić information content (AvgIpc) is 3.34. The molecule has 0 bridgehead atoms. The smallest absolute Gasteiger partial charge is 0.338 e. The van der Waals surface area contributed by atoms with Gasteiger partial charge in [0.2, 0.25) is 10.0 Å². The van der Waals surface area contributed by atoms with Gasteiger partial charge in [0, 0.05) is 24.0 Å². The predicted molar refractivity (Wildman–Crippen MR) is 143 cm³/mol. The van der Waals surface area contributed by atoms with Crippen molar-refractivity contribution in [3.8, 4) is 17.0 Å². The molecule has 12 heteroatoms. The van der Waals surface area contributed by atoms with E-state index in [2.05, 4.69) is 22.4 Å². The Morgan fingerprint density at radius 1 is 1.11 bits per heavy atom. The molecular weight excluding hydrogens is 530 g/mol. The number of aromatic nitrogens is 1. The highest BCUT2D eigenvalue weighted by atomic mass is 32.2. The molecule has 1 aliphatic rings. The molecule has 10 nitrogen and oxygen atoms in total. The maximum absolute atomic E-state index is 13.1. The summed E-state index contributed by atoms with van der Waals surface area (Å²) in [6.45, 7) is 6.46. The zero-order chi connectivity index (χ0) is 27.4. The number of sulfonamides is 1. The number of carbonyl (C=O) groups excluding carboxylic acids is 2. The minimum Gasteiger partial charge on any atom is -0.495 e. The number of carbonyl (C=O) groups is 2. The number of amides is 1. The average molecular weight is 560 g/mol. The quantitative estimate of drug-likeness (QED) is 0.416. The molecule has 202 valence electrons. The standard InChI is InChI=1S/C26H29N3O7S2/c1-16-11-17(2)24(18(3)12-16)20-15-37-26(27-20)28-23(30)14-36-25(31)19-5-6-21(34-4)22(13-19)38(32,33)29-7-9-35-10-8-29/h5-6,11-13,15H,7-10,14H2,1-4H3,(H,27,28,30). The van der Waals surface area contributed by atoms with Gasteiger partial charge in [-0.05, 0) is 50.1 Å². The number of nitrogens with one attached hydrogen (secondary N) is 1. The number of aryl methyl sites for hydroxylation is 3. The van der Waals surface area contributed by atoms with Crippen LogP contribution in [0.15, 0.2) is 40.6 Å². The molecule has 0 radical (unpaired) electrons. The molecule has 2 heterocycles. The molecule has 0 saturated carbocycles. The Morgan fingerprint density at radius 2 is 1.79 bits per heavy atom. The van der Waals surface area contributed by atoms with E-state index in [1.807, 2.05) is 26.2 Å². The van der Waals surface area contributed by atoms with Gasteiger partial charge in [0.05, 0.1) is 31.6 Å². The summed E-state index contributed by atoms with van der Waals surface area (Å²) in [7, 11) is -2.58. The largest absolute Gasteiger partial charge is 0.495 e. The first-order valence-electron chi connectivity index (χ1n) is 11.9. The Kier molecular flexibility index (Phi) is 8.46. The number of benzene rings is 2. The number of rotatable bonds is 8. The van der Waals surface area contributed by atoms with Gasteiger partial charge in [-0.3, -0.25) is 10.1 Å². The SMILES string of the molecule is COc1ccc(C(=O)OCC(=O)Nc2nc(-c3c(C)cc(C)cc3C)cs2)cc1S(=O)(=O)N1CCOCC1. The molecule has 0 unspecified atom stereocenters. The number of anilines is 1. The Bertz CT molecular complexity index is 1440. The first kappa shape index (κ1) is 27.7. The van der Waals surface area contributed by atoms with Gasteiger partial charge in [-0.2, -0.15) is 4.31 Å². The van der Waals surface area contributed by atoms with E-state index >= 15 is 0 Å². The number of thiazole rings is 1. The Labute approximate surface area is 225 Å². The third-order valence-corrected chi connectivity index (χ3v) is 8.68. The third-order valence-electron chi connectivity index (χ3n) is 6.01. The lowest BCUT2D eigenvalue weighted by Crippen LogP contribution is -2.40. The first-order chi connectivity index (χ1) is 18.1. The summed E-state index contributed by atoms with van der Waals surface area (Å²) in [5.74, 6) is -1.30. The van der Waals surface area contributed by atoms with E-state index < -0.39 is 28.5 Å². The lowest BCUT2D eigenvalue weighted by atomic mass is 9.98. The monoisotopic (exact) mass is 559 g/mol. The van der Waals surface area contributed by atoms with Gasteiger partial charge in [0.25, 0.3) is 5.91 Å². The summed E-state index contributed by atoms with van der Waals surface area (Å²) >= 11 is 1.27. The van der Waals surface area contributed by atoms with Crippen molar-refractivity contribution in [2.45, 2.75) is 25.7 Å². The molecule has 38 heavy (non-hydrogen) atoms. The number of morpholine rings is 1. The molecule has 0 aliphatic carbocycles. The highest BCUT2D eigenvalue weighted by Crippen LogP contribution is 2.31. The summed E-state index contributed by atoms with van der Waals surface area (Å²) in [5, 5.41) is 4.88. The van der Waals surface area contributed by atoms with E-state index in [1.165, 1.54) is 41.0 Å². The van der Waals surface area contributed by atoms with Crippen LogP contribution >= 0.6 is 11.3 Å². The fraction of sp³-hybridized carbons (Fsp3) is 0.346. The highest BCUT2D eigenvalue weighted by Gasteiger charge is 2.30. The van der Waals surface area contributed by atoms with Crippen LogP contribution in [-0.4, -0.2) is 69.6 Å². The molecule has 1 saturated heterocycles.